The highest BCUT2D eigenvalue weighted by molar-refractivity contribution is 6.06. The van der Waals surface area contributed by atoms with E-state index in [1.165, 1.54) is 0 Å². The van der Waals surface area contributed by atoms with E-state index in [9.17, 15) is 0 Å². The second-order valence-corrected chi connectivity index (χ2v) is 3.55. The Bertz CT molecular complexity index is 654. The summed E-state index contributed by atoms with van der Waals surface area (Å²) < 4.78 is 1.80. The highest BCUT2D eigenvalue weighted by atomic mass is 15.3. The monoisotopic (exact) mass is 198 g/mol. The lowest BCUT2D eigenvalue weighted by Crippen LogP contribution is -1.91. The molecule has 0 unspecified atom stereocenters. The fraction of sp³-hybridized carbons (Fsp3) is 0.0909. The fourth-order valence-electron chi connectivity index (χ4n) is 1.93. The molecule has 0 aliphatic rings. The summed E-state index contributed by atoms with van der Waals surface area (Å²) in [4.78, 5) is 4.35. The van der Waals surface area contributed by atoms with Gasteiger partial charge in [0.25, 0.3) is 0 Å². The number of hydrogen-bond donors (Lipinski definition) is 1. The molecule has 4 nitrogen and oxygen atoms in total. The Morgan fingerprint density at radius 3 is 2.87 bits per heavy atom. The van der Waals surface area contributed by atoms with Crippen LogP contribution in [0.4, 0.5) is 5.82 Å². The molecule has 2 aromatic heterocycles. The van der Waals surface area contributed by atoms with Crippen molar-refractivity contribution >= 4 is 27.6 Å². The Morgan fingerprint density at radius 2 is 2.00 bits per heavy atom. The standard InChI is InChI=1S/C11H10N4/c1-15-10-7-4-2-3-5-9(7)13-6-8(10)11(12)14-15/h2-6H,1H3,(H2,12,14). The molecule has 0 saturated carbocycles. The average Bonchev–Trinajstić information content (AvgIpc) is 2.55. The second kappa shape index (κ2) is 2.70. The highest BCUT2D eigenvalue weighted by Gasteiger charge is 2.09. The molecule has 3 rings (SSSR count). The third kappa shape index (κ3) is 1.01. The van der Waals surface area contributed by atoms with E-state index in [4.69, 9.17) is 5.73 Å². The molecule has 0 aliphatic carbocycles. The van der Waals surface area contributed by atoms with Crippen molar-refractivity contribution in [1.82, 2.24) is 14.8 Å². The van der Waals surface area contributed by atoms with E-state index in [-0.39, 0.29) is 0 Å². The first-order valence-electron chi connectivity index (χ1n) is 4.73. The number of anilines is 1. The van der Waals surface area contributed by atoms with Crippen LogP contribution in [0.3, 0.4) is 0 Å². The Kier molecular flexibility index (Phi) is 1.48. The summed E-state index contributed by atoms with van der Waals surface area (Å²) in [6.45, 7) is 0. The number of nitrogens with two attached hydrogens (primary N) is 1. The molecule has 2 heterocycles. The van der Waals surface area contributed by atoms with Crippen LogP contribution < -0.4 is 5.73 Å². The molecule has 15 heavy (non-hydrogen) atoms. The van der Waals surface area contributed by atoms with Crippen molar-refractivity contribution in [1.29, 1.82) is 0 Å². The van der Waals surface area contributed by atoms with Gasteiger partial charge in [-0.25, -0.2) is 0 Å². The van der Waals surface area contributed by atoms with Gasteiger partial charge in [-0.3, -0.25) is 9.67 Å². The number of aryl methyl sites for hydroxylation is 1. The lowest BCUT2D eigenvalue weighted by Gasteiger charge is -1.99. The van der Waals surface area contributed by atoms with Crippen molar-refractivity contribution in [2.24, 2.45) is 7.05 Å². The van der Waals surface area contributed by atoms with Crippen LogP contribution in [0.15, 0.2) is 30.5 Å². The number of pyridine rings is 1. The lowest BCUT2D eigenvalue weighted by atomic mass is 10.1. The molecular formula is C11H10N4. The van der Waals surface area contributed by atoms with Gasteiger partial charge in [-0.15, -0.1) is 0 Å². The molecular weight excluding hydrogens is 188 g/mol. The molecule has 0 aliphatic heterocycles. The molecule has 0 amide bonds. The minimum atomic E-state index is 0.533. The van der Waals surface area contributed by atoms with Crippen molar-refractivity contribution < 1.29 is 0 Å². The summed E-state index contributed by atoms with van der Waals surface area (Å²) in [5.74, 6) is 0.533. The predicted octanol–water partition coefficient (Wildman–Crippen LogP) is 1.70. The zero-order chi connectivity index (χ0) is 10.4. The number of para-hydroxylation sites is 1. The third-order valence-electron chi connectivity index (χ3n) is 2.60. The van der Waals surface area contributed by atoms with Gasteiger partial charge in [-0.1, -0.05) is 18.2 Å². The van der Waals surface area contributed by atoms with Crippen molar-refractivity contribution in [3.8, 4) is 0 Å². The summed E-state index contributed by atoms with van der Waals surface area (Å²) in [6.07, 6.45) is 1.78. The van der Waals surface area contributed by atoms with E-state index in [2.05, 4.69) is 10.1 Å². The molecule has 2 N–H and O–H groups in total. The summed E-state index contributed by atoms with van der Waals surface area (Å²) in [5, 5.41) is 6.19. The number of nitrogen functional groups attached to an aromatic ring is 1. The normalized spacial score (nSPS) is 11.3. The molecule has 0 atom stereocenters. The van der Waals surface area contributed by atoms with Gasteiger partial charge >= 0.3 is 0 Å². The maximum Gasteiger partial charge on any atom is 0.154 e. The first-order chi connectivity index (χ1) is 7.27. The van der Waals surface area contributed by atoms with Gasteiger partial charge in [0.15, 0.2) is 5.82 Å². The molecule has 0 spiro atoms. The molecule has 0 saturated heterocycles. The molecule has 1 aromatic carbocycles. The van der Waals surface area contributed by atoms with Crippen LogP contribution in [0.1, 0.15) is 0 Å². The van der Waals surface area contributed by atoms with Crippen LogP contribution in [0.5, 0.6) is 0 Å². The molecule has 3 aromatic rings. The minimum absolute atomic E-state index is 0.533. The Hall–Kier alpha value is -2.10. The van der Waals surface area contributed by atoms with E-state index in [0.717, 1.165) is 21.8 Å². The summed E-state index contributed by atoms with van der Waals surface area (Å²) in [6, 6.07) is 7.98. The Labute approximate surface area is 86.3 Å². The SMILES string of the molecule is Cn1nc(N)c2cnc3ccccc3c21. The number of aromatic nitrogens is 3. The highest BCUT2D eigenvalue weighted by Crippen LogP contribution is 2.26. The zero-order valence-corrected chi connectivity index (χ0v) is 8.31. The molecule has 4 heteroatoms. The number of fused-ring (bicyclic) bond motifs is 3. The van der Waals surface area contributed by atoms with Crippen molar-refractivity contribution in [2.75, 3.05) is 5.73 Å². The number of hydrogen-bond acceptors (Lipinski definition) is 3. The van der Waals surface area contributed by atoms with Crippen molar-refractivity contribution in [2.45, 2.75) is 0 Å². The molecule has 0 radical (unpaired) electrons. The second-order valence-electron chi connectivity index (χ2n) is 3.55. The van der Waals surface area contributed by atoms with E-state index < -0.39 is 0 Å². The maximum absolute atomic E-state index is 5.80. The van der Waals surface area contributed by atoms with Gasteiger partial charge in [0.1, 0.15) is 0 Å². The topological polar surface area (TPSA) is 56.7 Å². The van der Waals surface area contributed by atoms with E-state index in [1.807, 2.05) is 31.3 Å². The van der Waals surface area contributed by atoms with Crippen LogP contribution in [0.2, 0.25) is 0 Å². The van der Waals surface area contributed by atoms with Gasteiger partial charge in [0.2, 0.25) is 0 Å². The first kappa shape index (κ1) is 8.23. The zero-order valence-electron chi connectivity index (χ0n) is 8.31. The quantitative estimate of drug-likeness (QED) is 0.598. The van der Waals surface area contributed by atoms with Gasteiger partial charge in [0, 0.05) is 18.6 Å². The van der Waals surface area contributed by atoms with E-state index in [1.54, 1.807) is 10.9 Å². The van der Waals surface area contributed by atoms with Crippen LogP contribution in [0.25, 0.3) is 21.8 Å². The number of benzene rings is 1. The number of rotatable bonds is 0. The van der Waals surface area contributed by atoms with Crippen molar-refractivity contribution in [3.05, 3.63) is 30.5 Å². The molecule has 74 valence electrons. The smallest absolute Gasteiger partial charge is 0.154 e. The fourth-order valence-corrected chi connectivity index (χ4v) is 1.93. The average molecular weight is 198 g/mol. The van der Waals surface area contributed by atoms with Crippen LogP contribution in [-0.4, -0.2) is 14.8 Å². The van der Waals surface area contributed by atoms with Gasteiger partial charge in [-0.05, 0) is 6.07 Å². The Balaban J connectivity index is 2.64. The van der Waals surface area contributed by atoms with Gasteiger partial charge in [0.05, 0.1) is 16.4 Å². The third-order valence-corrected chi connectivity index (χ3v) is 2.60. The van der Waals surface area contributed by atoms with Gasteiger partial charge in [-0.2, -0.15) is 5.10 Å². The van der Waals surface area contributed by atoms with Crippen LogP contribution in [0, 0.1) is 0 Å². The van der Waals surface area contributed by atoms with Crippen molar-refractivity contribution in [3.63, 3.8) is 0 Å². The van der Waals surface area contributed by atoms with E-state index >= 15 is 0 Å². The maximum atomic E-state index is 5.80. The predicted molar refractivity (Wildman–Crippen MR) is 60.4 cm³/mol. The first-order valence-corrected chi connectivity index (χ1v) is 4.73. The van der Waals surface area contributed by atoms with Gasteiger partial charge < -0.3 is 5.73 Å². The number of nitrogens with zero attached hydrogens (tertiary/aromatic N) is 3. The Morgan fingerprint density at radius 1 is 1.20 bits per heavy atom. The van der Waals surface area contributed by atoms with Crippen LogP contribution in [-0.2, 0) is 7.05 Å². The minimum Gasteiger partial charge on any atom is -0.382 e. The summed E-state index contributed by atoms with van der Waals surface area (Å²) in [7, 11) is 1.89. The summed E-state index contributed by atoms with van der Waals surface area (Å²) >= 11 is 0. The molecule has 0 bridgehead atoms. The molecule has 0 fully saturated rings. The van der Waals surface area contributed by atoms with Crippen LogP contribution >= 0.6 is 0 Å². The van der Waals surface area contributed by atoms with E-state index in [0.29, 0.717) is 5.82 Å². The summed E-state index contributed by atoms with van der Waals surface area (Å²) in [5.41, 5.74) is 7.80. The largest absolute Gasteiger partial charge is 0.382 e. The lowest BCUT2D eigenvalue weighted by molar-refractivity contribution is 0.804.